The molecule has 0 spiro atoms. The highest BCUT2D eigenvalue weighted by Crippen LogP contribution is 2.23. The summed E-state index contributed by atoms with van der Waals surface area (Å²) in [4.78, 5) is 0.275. The Morgan fingerprint density at radius 1 is 1.00 bits per heavy atom. The van der Waals surface area contributed by atoms with Gasteiger partial charge < -0.3 is 5.73 Å². The SMILES string of the molecule is Cc1ccc(N)cc1NS(=O)(=O)c1ccccc1C. The van der Waals surface area contributed by atoms with Crippen molar-refractivity contribution < 1.29 is 8.42 Å². The molecule has 0 saturated heterocycles. The summed E-state index contributed by atoms with van der Waals surface area (Å²) in [5, 5.41) is 0. The predicted molar refractivity (Wildman–Crippen MR) is 77.6 cm³/mol. The predicted octanol–water partition coefficient (Wildman–Crippen LogP) is 2.69. The van der Waals surface area contributed by atoms with Gasteiger partial charge in [0.1, 0.15) is 0 Å². The fourth-order valence-electron chi connectivity index (χ4n) is 1.81. The van der Waals surface area contributed by atoms with E-state index in [0.29, 0.717) is 16.9 Å². The van der Waals surface area contributed by atoms with Gasteiger partial charge in [-0.2, -0.15) is 0 Å². The molecule has 2 aromatic carbocycles. The molecule has 0 saturated carbocycles. The zero-order valence-electron chi connectivity index (χ0n) is 10.8. The monoisotopic (exact) mass is 276 g/mol. The van der Waals surface area contributed by atoms with Crippen molar-refractivity contribution in [2.45, 2.75) is 18.7 Å². The number of anilines is 2. The van der Waals surface area contributed by atoms with Gasteiger partial charge in [0.25, 0.3) is 10.0 Å². The zero-order chi connectivity index (χ0) is 14.0. The average Bonchev–Trinajstić information content (AvgIpc) is 2.34. The number of aryl methyl sites for hydroxylation is 2. The molecule has 19 heavy (non-hydrogen) atoms. The Labute approximate surface area is 113 Å². The largest absolute Gasteiger partial charge is 0.399 e. The van der Waals surface area contributed by atoms with Crippen LogP contribution >= 0.6 is 0 Å². The van der Waals surface area contributed by atoms with E-state index in [1.807, 2.05) is 6.92 Å². The average molecular weight is 276 g/mol. The lowest BCUT2D eigenvalue weighted by atomic mass is 10.2. The maximum absolute atomic E-state index is 12.3. The smallest absolute Gasteiger partial charge is 0.262 e. The minimum Gasteiger partial charge on any atom is -0.399 e. The van der Waals surface area contributed by atoms with E-state index in [2.05, 4.69) is 4.72 Å². The fourth-order valence-corrected chi connectivity index (χ4v) is 3.18. The van der Waals surface area contributed by atoms with Gasteiger partial charge in [0.15, 0.2) is 0 Å². The Morgan fingerprint density at radius 2 is 1.68 bits per heavy atom. The van der Waals surface area contributed by atoms with Crippen molar-refractivity contribution in [2.75, 3.05) is 10.5 Å². The number of nitrogens with two attached hydrogens (primary N) is 1. The fraction of sp³-hybridized carbons (Fsp3) is 0.143. The lowest BCUT2D eigenvalue weighted by Gasteiger charge is -2.12. The summed E-state index contributed by atoms with van der Waals surface area (Å²) >= 11 is 0. The third-order valence-electron chi connectivity index (χ3n) is 2.89. The Hall–Kier alpha value is -2.01. The van der Waals surface area contributed by atoms with Crippen molar-refractivity contribution in [3.63, 3.8) is 0 Å². The maximum Gasteiger partial charge on any atom is 0.262 e. The molecular formula is C14H16N2O2S. The first-order valence-corrected chi connectivity index (χ1v) is 7.33. The van der Waals surface area contributed by atoms with E-state index in [0.717, 1.165) is 5.56 Å². The molecule has 0 amide bonds. The molecule has 5 heteroatoms. The van der Waals surface area contributed by atoms with E-state index >= 15 is 0 Å². The number of nitrogens with one attached hydrogen (secondary N) is 1. The van der Waals surface area contributed by atoms with Crippen molar-refractivity contribution in [2.24, 2.45) is 0 Å². The summed E-state index contributed by atoms with van der Waals surface area (Å²) in [5.74, 6) is 0. The highest BCUT2D eigenvalue weighted by Gasteiger charge is 2.17. The second kappa shape index (κ2) is 4.93. The highest BCUT2D eigenvalue weighted by atomic mass is 32.2. The van der Waals surface area contributed by atoms with Crippen LogP contribution in [0.4, 0.5) is 11.4 Å². The Balaban J connectivity index is 2.43. The number of sulfonamides is 1. The van der Waals surface area contributed by atoms with Crippen LogP contribution in [-0.4, -0.2) is 8.42 Å². The number of hydrogen-bond acceptors (Lipinski definition) is 3. The topological polar surface area (TPSA) is 72.2 Å². The summed E-state index contributed by atoms with van der Waals surface area (Å²) in [5.41, 5.74) is 8.23. The molecule has 3 N–H and O–H groups in total. The molecule has 2 rings (SSSR count). The minimum atomic E-state index is -3.59. The van der Waals surface area contributed by atoms with Gasteiger partial charge in [-0.3, -0.25) is 4.72 Å². The molecule has 0 heterocycles. The number of nitrogen functional groups attached to an aromatic ring is 1. The van der Waals surface area contributed by atoms with Crippen molar-refractivity contribution in [3.8, 4) is 0 Å². The Bertz CT molecular complexity index is 709. The standard InChI is InChI=1S/C14H16N2O2S/c1-10-7-8-12(15)9-13(10)16-19(17,18)14-6-4-3-5-11(14)2/h3-9,16H,15H2,1-2H3. The van der Waals surface area contributed by atoms with Crippen LogP contribution in [0.15, 0.2) is 47.4 Å². The molecule has 0 fully saturated rings. The van der Waals surface area contributed by atoms with Gasteiger partial charge >= 0.3 is 0 Å². The first-order valence-electron chi connectivity index (χ1n) is 5.85. The first kappa shape index (κ1) is 13.4. The van der Waals surface area contributed by atoms with Crippen molar-refractivity contribution in [3.05, 3.63) is 53.6 Å². The van der Waals surface area contributed by atoms with Crippen LogP contribution in [0.3, 0.4) is 0 Å². The lowest BCUT2D eigenvalue weighted by molar-refractivity contribution is 0.600. The summed E-state index contributed by atoms with van der Waals surface area (Å²) in [6, 6.07) is 12.0. The minimum absolute atomic E-state index is 0.275. The van der Waals surface area contributed by atoms with E-state index in [9.17, 15) is 8.42 Å². The number of hydrogen-bond donors (Lipinski definition) is 2. The Kier molecular flexibility index (Phi) is 3.48. The van der Waals surface area contributed by atoms with Crippen LogP contribution in [0.5, 0.6) is 0 Å². The molecule has 4 nitrogen and oxygen atoms in total. The lowest BCUT2D eigenvalue weighted by Crippen LogP contribution is -2.15. The van der Waals surface area contributed by atoms with Crippen LogP contribution in [0, 0.1) is 13.8 Å². The molecular weight excluding hydrogens is 260 g/mol. The van der Waals surface area contributed by atoms with Crippen LogP contribution in [-0.2, 0) is 10.0 Å². The summed E-state index contributed by atoms with van der Waals surface area (Å²) < 4.78 is 27.2. The molecule has 0 aliphatic rings. The van der Waals surface area contributed by atoms with E-state index in [1.54, 1.807) is 49.4 Å². The van der Waals surface area contributed by atoms with Gasteiger partial charge in [0, 0.05) is 5.69 Å². The van der Waals surface area contributed by atoms with Crippen LogP contribution < -0.4 is 10.5 Å². The van der Waals surface area contributed by atoms with Gasteiger partial charge in [0.05, 0.1) is 10.6 Å². The molecule has 0 bridgehead atoms. The summed E-state index contributed by atoms with van der Waals surface area (Å²) in [6.07, 6.45) is 0. The van der Waals surface area contributed by atoms with Crippen LogP contribution in [0.2, 0.25) is 0 Å². The molecule has 0 radical (unpaired) electrons. The van der Waals surface area contributed by atoms with E-state index in [4.69, 9.17) is 5.73 Å². The summed E-state index contributed by atoms with van der Waals surface area (Å²) in [6.45, 7) is 3.59. The molecule has 0 aromatic heterocycles. The van der Waals surface area contributed by atoms with Crippen LogP contribution in [0.25, 0.3) is 0 Å². The molecule has 0 unspecified atom stereocenters. The zero-order valence-corrected chi connectivity index (χ0v) is 11.7. The molecule has 0 aliphatic heterocycles. The van der Waals surface area contributed by atoms with E-state index in [1.165, 1.54) is 0 Å². The van der Waals surface area contributed by atoms with E-state index < -0.39 is 10.0 Å². The Morgan fingerprint density at radius 3 is 2.37 bits per heavy atom. The summed E-state index contributed by atoms with van der Waals surface area (Å²) in [7, 11) is -3.59. The molecule has 0 aliphatic carbocycles. The van der Waals surface area contributed by atoms with Crippen molar-refractivity contribution >= 4 is 21.4 Å². The van der Waals surface area contributed by atoms with Gasteiger partial charge in [0.2, 0.25) is 0 Å². The third-order valence-corrected chi connectivity index (χ3v) is 4.41. The van der Waals surface area contributed by atoms with Crippen molar-refractivity contribution in [1.82, 2.24) is 0 Å². The third kappa shape index (κ3) is 2.88. The molecule has 0 atom stereocenters. The second-order valence-corrected chi connectivity index (χ2v) is 6.10. The normalized spacial score (nSPS) is 11.3. The maximum atomic E-state index is 12.3. The van der Waals surface area contributed by atoms with Gasteiger partial charge in [-0.15, -0.1) is 0 Å². The highest BCUT2D eigenvalue weighted by molar-refractivity contribution is 7.92. The number of rotatable bonds is 3. The quantitative estimate of drug-likeness (QED) is 0.847. The van der Waals surface area contributed by atoms with Gasteiger partial charge in [-0.05, 0) is 43.2 Å². The first-order chi connectivity index (χ1) is 8.90. The van der Waals surface area contributed by atoms with Crippen LogP contribution in [0.1, 0.15) is 11.1 Å². The van der Waals surface area contributed by atoms with Gasteiger partial charge in [-0.1, -0.05) is 24.3 Å². The van der Waals surface area contributed by atoms with Crippen molar-refractivity contribution in [1.29, 1.82) is 0 Å². The van der Waals surface area contributed by atoms with E-state index in [-0.39, 0.29) is 4.90 Å². The second-order valence-electron chi connectivity index (χ2n) is 4.45. The number of benzene rings is 2. The van der Waals surface area contributed by atoms with Gasteiger partial charge in [-0.25, -0.2) is 8.42 Å². The molecule has 2 aromatic rings. The molecule has 100 valence electrons.